The molecule has 0 aromatic heterocycles. The molecule has 18 heavy (non-hydrogen) atoms. The summed E-state index contributed by atoms with van der Waals surface area (Å²) >= 11 is 12.3. The summed E-state index contributed by atoms with van der Waals surface area (Å²) in [4.78, 5) is 0. The largest absolute Gasteiger partial charge is 0.350 e. The van der Waals surface area contributed by atoms with Gasteiger partial charge in [0, 0.05) is 12.5 Å². The molecule has 1 N–H and O–H groups in total. The van der Waals surface area contributed by atoms with Gasteiger partial charge in [-0.1, -0.05) is 42.3 Å². The molecule has 0 saturated carbocycles. The number of benzene rings is 1. The Labute approximate surface area is 117 Å². The fraction of sp³-hybridized carbons (Fsp3) is 0.538. The monoisotopic (exact) mass is 289 g/mol. The Balaban J connectivity index is 2.14. The molecular formula is C13H17Cl2NO2. The normalized spacial score (nSPS) is 18.2. The van der Waals surface area contributed by atoms with Crippen LogP contribution in [0.25, 0.3) is 0 Å². The Morgan fingerprint density at radius 3 is 2.72 bits per heavy atom. The smallest absolute Gasteiger partial charge is 0.159 e. The second-order valence-electron chi connectivity index (χ2n) is 4.16. The third kappa shape index (κ3) is 3.37. The summed E-state index contributed by atoms with van der Waals surface area (Å²) in [6.45, 7) is 4.22. The first-order valence-electron chi connectivity index (χ1n) is 6.13. The van der Waals surface area contributed by atoms with Gasteiger partial charge in [0.15, 0.2) is 6.29 Å². The van der Waals surface area contributed by atoms with Crippen molar-refractivity contribution in [3.05, 3.63) is 33.8 Å². The molecule has 1 saturated heterocycles. The van der Waals surface area contributed by atoms with Crippen LogP contribution in [0.5, 0.6) is 0 Å². The van der Waals surface area contributed by atoms with Gasteiger partial charge in [-0.2, -0.15) is 0 Å². The molecule has 1 aromatic carbocycles. The van der Waals surface area contributed by atoms with E-state index >= 15 is 0 Å². The highest BCUT2D eigenvalue weighted by Crippen LogP contribution is 2.32. The van der Waals surface area contributed by atoms with Crippen molar-refractivity contribution in [3.8, 4) is 0 Å². The van der Waals surface area contributed by atoms with Crippen molar-refractivity contribution in [3.63, 3.8) is 0 Å². The maximum absolute atomic E-state index is 6.26. The van der Waals surface area contributed by atoms with E-state index in [0.717, 1.165) is 18.5 Å². The minimum absolute atomic E-state index is 0.0873. The highest BCUT2D eigenvalue weighted by molar-refractivity contribution is 6.42. The average molecular weight is 290 g/mol. The summed E-state index contributed by atoms with van der Waals surface area (Å²) in [5, 5.41) is 4.57. The van der Waals surface area contributed by atoms with Gasteiger partial charge >= 0.3 is 0 Å². The minimum Gasteiger partial charge on any atom is -0.350 e. The molecule has 1 aliphatic rings. The number of hydrogen-bond acceptors (Lipinski definition) is 3. The quantitative estimate of drug-likeness (QED) is 0.901. The summed E-state index contributed by atoms with van der Waals surface area (Å²) < 4.78 is 11.0. The van der Waals surface area contributed by atoms with E-state index in [1.54, 1.807) is 6.07 Å². The second-order valence-corrected chi connectivity index (χ2v) is 4.95. The molecule has 0 bridgehead atoms. The fourth-order valence-electron chi connectivity index (χ4n) is 2.09. The van der Waals surface area contributed by atoms with Crippen LogP contribution < -0.4 is 5.32 Å². The first-order valence-corrected chi connectivity index (χ1v) is 6.88. The van der Waals surface area contributed by atoms with E-state index in [1.807, 2.05) is 12.1 Å². The van der Waals surface area contributed by atoms with Gasteiger partial charge in [-0.3, -0.25) is 0 Å². The van der Waals surface area contributed by atoms with Crippen molar-refractivity contribution in [2.75, 3.05) is 19.8 Å². The molecule has 1 aromatic rings. The molecule has 1 atom stereocenters. The molecule has 3 nitrogen and oxygen atoms in total. The third-order valence-corrected chi connectivity index (χ3v) is 3.76. The second kappa shape index (κ2) is 6.73. The van der Waals surface area contributed by atoms with Crippen molar-refractivity contribution in [1.29, 1.82) is 0 Å². The predicted octanol–water partition coefficient (Wildman–Crippen LogP) is 3.41. The van der Waals surface area contributed by atoms with Crippen LogP contribution in [-0.4, -0.2) is 26.0 Å². The van der Waals surface area contributed by atoms with E-state index in [2.05, 4.69) is 12.2 Å². The summed E-state index contributed by atoms with van der Waals surface area (Å²) in [5.41, 5.74) is 0.991. The van der Waals surface area contributed by atoms with Crippen LogP contribution in [-0.2, 0) is 9.47 Å². The number of halogens is 2. The van der Waals surface area contributed by atoms with Crippen molar-refractivity contribution in [2.45, 2.75) is 25.7 Å². The van der Waals surface area contributed by atoms with Gasteiger partial charge in [0.05, 0.1) is 23.3 Å². The van der Waals surface area contributed by atoms with E-state index in [0.29, 0.717) is 23.3 Å². The van der Waals surface area contributed by atoms with Crippen molar-refractivity contribution < 1.29 is 9.47 Å². The zero-order valence-corrected chi connectivity index (χ0v) is 11.8. The number of nitrogens with one attached hydrogen (secondary N) is 1. The first-order chi connectivity index (χ1) is 8.72. The SMILES string of the molecule is CCNC(CC1OCCO1)c1cccc(Cl)c1Cl. The molecule has 0 radical (unpaired) electrons. The lowest BCUT2D eigenvalue weighted by atomic mass is 10.0. The van der Waals surface area contributed by atoms with Gasteiger partial charge in [-0.15, -0.1) is 0 Å². The van der Waals surface area contributed by atoms with Crippen LogP contribution in [0.4, 0.5) is 0 Å². The summed E-state index contributed by atoms with van der Waals surface area (Å²) in [6.07, 6.45) is 0.567. The van der Waals surface area contributed by atoms with Crippen molar-refractivity contribution in [1.82, 2.24) is 5.32 Å². The van der Waals surface area contributed by atoms with Gasteiger partial charge in [-0.25, -0.2) is 0 Å². The van der Waals surface area contributed by atoms with Crippen LogP contribution in [0, 0.1) is 0 Å². The number of rotatable bonds is 5. The zero-order chi connectivity index (χ0) is 13.0. The Bertz CT molecular complexity index is 395. The van der Waals surface area contributed by atoms with Crippen LogP contribution in [0.1, 0.15) is 24.9 Å². The van der Waals surface area contributed by atoms with Gasteiger partial charge < -0.3 is 14.8 Å². The summed E-state index contributed by atoms with van der Waals surface area (Å²) in [7, 11) is 0. The predicted molar refractivity (Wildman–Crippen MR) is 73.2 cm³/mol. The van der Waals surface area contributed by atoms with E-state index in [4.69, 9.17) is 32.7 Å². The molecule has 100 valence electrons. The molecule has 1 heterocycles. The van der Waals surface area contributed by atoms with Gasteiger partial charge in [0.1, 0.15) is 0 Å². The van der Waals surface area contributed by atoms with Gasteiger partial charge in [0.25, 0.3) is 0 Å². The Morgan fingerprint density at radius 2 is 2.06 bits per heavy atom. The molecule has 0 amide bonds. The Kier molecular flexibility index (Phi) is 5.27. The molecule has 1 unspecified atom stereocenters. The number of hydrogen-bond donors (Lipinski definition) is 1. The summed E-state index contributed by atoms with van der Waals surface area (Å²) in [6, 6.07) is 5.77. The molecule has 5 heteroatoms. The lowest BCUT2D eigenvalue weighted by molar-refractivity contribution is -0.0529. The average Bonchev–Trinajstić information content (AvgIpc) is 2.85. The zero-order valence-electron chi connectivity index (χ0n) is 10.3. The van der Waals surface area contributed by atoms with Crippen molar-refractivity contribution in [2.24, 2.45) is 0 Å². The number of ether oxygens (including phenoxy) is 2. The first kappa shape index (κ1) is 14.1. The van der Waals surface area contributed by atoms with Gasteiger partial charge in [0.2, 0.25) is 0 Å². The molecule has 0 aliphatic carbocycles. The molecule has 1 fully saturated rings. The molecule has 0 spiro atoms. The highest BCUT2D eigenvalue weighted by atomic mass is 35.5. The van der Waals surface area contributed by atoms with Crippen LogP contribution in [0.3, 0.4) is 0 Å². The standard InChI is InChI=1S/C13H17Cl2NO2/c1-2-16-11(8-12-17-6-7-18-12)9-4-3-5-10(14)13(9)15/h3-5,11-12,16H,2,6-8H2,1H3. The lowest BCUT2D eigenvalue weighted by Crippen LogP contribution is -2.26. The maximum Gasteiger partial charge on any atom is 0.159 e. The molecule has 1 aliphatic heterocycles. The topological polar surface area (TPSA) is 30.5 Å². The Hall–Kier alpha value is -0.320. The van der Waals surface area contributed by atoms with E-state index in [9.17, 15) is 0 Å². The Morgan fingerprint density at radius 1 is 1.33 bits per heavy atom. The van der Waals surface area contributed by atoms with Crippen molar-refractivity contribution >= 4 is 23.2 Å². The van der Waals surface area contributed by atoms with Crippen LogP contribution >= 0.6 is 23.2 Å². The molecular weight excluding hydrogens is 273 g/mol. The minimum atomic E-state index is -0.163. The highest BCUT2D eigenvalue weighted by Gasteiger charge is 2.23. The van der Waals surface area contributed by atoms with E-state index < -0.39 is 0 Å². The van der Waals surface area contributed by atoms with E-state index in [1.165, 1.54) is 0 Å². The third-order valence-electron chi connectivity index (χ3n) is 2.93. The van der Waals surface area contributed by atoms with E-state index in [-0.39, 0.29) is 12.3 Å². The lowest BCUT2D eigenvalue weighted by Gasteiger charge is -2.22. The van der Waals surface area contributed by atoms with Gasteiger partial charge in [-0.05, 0) is 18.2 Å². The van der Waals surface area contributed by atoms with Crippen LogP contribution in [0.2, 0.25) is 10.0 Å². The fourth-order valence-corrected chi connectivity index (χ4v) is 2.53. The molecule has 2 rings (SSSR count). The maximum atomic E-state index is 6.26. The van der Waals surface area contributed by atoms with Crippen LogP contribution in [0.15, 0.2) is 18.2 Å². The summed E-state index contributed by atoms with van der Waals surface area (Å²) in [5.74, 6) is 0.